The van der Waals surface area contributed by atoms with Crippen LogP contribution in [0.15, 0.2) is 204 Å². The number of rotatable bonds is 4. The number of hydrogen-bond acceptors (Lipinski definition) is 6. The van der Waals surface area contributed by atoms with Crippen LogP contribution in [0.4, 0.5) is 0 Å². The van der Waals surface area contributed by atoms with Gasteiger partial charge < -0.3 is 4.57 Å². The molecule has 4 nitrogen and oxygen atoms in total. The Kier molecular flexibility index (Phi) is 8.51. The molecule has 7 heteroatoms. The highest BCUT2D eigenvalue weighted by Crippen LogP contribution is 2.53. The fourth-order valence-corrected chi connectivity index (χ4v) is 13.5. The lowest BCUT2D eigenvalue weighted by atomic mass is 10.0. The molecule has 10 aromatic rings. The van der Waals surface area contributed by atoms with E-state index in [1.165, 1.54) is 10.1 Å². The monoisotopic (exact) mass is 797 g/mol. The summed E-state index contributed by atoms with van der Waals surface area (Å²) in [4.78, 5) is 17.2. The molecule has 0 saturated carbocycles. The molecule has 0 aliphatic carbocycles. The molecule has 8 aromatic carbocycles. The van der Waals surface area contributed by atoms with E-state index in [0.29, 0.717) is 17.5 Å². The molecule has 0 fully saturated rings. The highest BCUT2D eigenvalue weighted by molar-refractivity contribution is 7.99. The van der Waals surface area contributed by atoms with Crippen LogP contribution in [-0.2, 0) is 4.57 Å². The third-order valence-corrected chi connectivity index (χ3v) is 16.2. The first-order valence-corrected chi connectivity index (χ1v) is 22.5. The molecule has 1 atom stereocenters. The van der Waals surface area contributed by atoms with E-state index in [1.54, 1.807) is 23.1 Å². The summed E-state index contributed by atoms with van der Waals surface area (Å²) in [6, 6.07) is 66.5. The predicted molar refractivity (Wildman–Crippen MR) is 243 cm³/mol. The van der Waals surface area contributed by atoms with E-state index >= 15 is 4.57 Å². The number of aromatic nitrogens is 3. The number of fused-ring (bicyclic) bond motifs is 9. The molecule has 274 valence electrons. The zero-order valence-electron chi connectivity index (χ0n) is 31.0. The predicted octanol–water partition coefficient (Wildman–Crippen LogP) is 12.7. The lowest BCUT2D eigenvalue weighted by molar-refractivity contribution is 0.592. The SMILES string of the molecule is O=P1(c2ccccc2)c2ccccc2-c2ccccc2Sc2cc(-c3nc(-c4ccccc4)nc(-c4ccccc4)n3)ccc2-c2cc3c(cc21)sc1ccccc13. The van der Waals surface area contributed by atoms with Crippen molar-refractivity contribution < 1.29 is 4.57 Å². The van der Waals surface area contributed by atoms with Gasteiger partial charge in [0.05, 0.1) is 0 Å². The normalized spacial score (nSPS) is 14.6. The van der Waals surface area contributed by atoms with Crippen LogP contribution in [-0.4, -0.2) is 15.0 Å². The molecule has 1 aliphatic heterocycles. The van der Waals surface area contributed by atoms with Crippen LogP contribution in [0.3, 0.4) is 0 Å². The zero-order valence-corrected chi connectivity index (χ0v) is 33.5. The van der Waals surface area contributed by atoms with Crippen LogP contribution in [0.1, 0.15) is 0 Å². The van der Waals surface area contributed by atoms with Gasteiger partial charge in [-0.2, -0.15) is 0 Å². The quantitative estimate of drug-likeness (QED) is 0.166. The third kappa shape index (κ3) is 5.83. The Balaban J connectivity index is 1.23. The minimum absolute atomic E-state index is 0.585. The number of thiophene rings is 1. The highest BCUT2D eigenvalue weighted by atomic mass is 32.2. The Hall–Kier alpha value is -6.43. The van der Waals surface area contributed by atoms with Gasteiger partial charge in [0.15, 0.2) is 24.6 Å². The van der Waals surface area contributed by atoms with E-state index in [-0.39, 0.29) is 0 Å². The van der Waals surface area contributed by atoms with Crippen molar-refractivity contribution in [2.24, 2.45) is 0 Å². The highest BCUT2D eigenvalue weighted by Gasteiger charge is 2.37. The molecule has 3 heterocycles. The Morgan fingerprint density at radius 1 is 0.379 bits per heavy atom. The van der Waals surface area contributed by atoms with Crippen molar-refractivity contribution in [1.82, 2.24) is 15.0 Å². The molecule has 0 radical (unpaired) electrons. The lowest BCUT2D eigenvalue weighted by Crippen LogP contribution is -2.28. The maximum Gasteiger partial charge on any atom is 0.172 e. The van der Waals surface area contributed by atoms with E-state index in [4.69, 9.17) is 15.0 Å². The van der Waals surface area contributed by atoms with Gasteiger partial charge in [0.2, 0.25) is 0 Å². The first-order chi connectivity index (χ1) is 28.6. The van der Waals surface area contributed by atoms with Gasteiger partial charge in [-0.05, 0) is 52.6 Å². The van der Waals surface area contributed by atoms with Crippen LogP contribution in [0.5, 0.6) is 0 Å². The molecule has 0 spiro atoms. The van der Waals surface area contributed by atoms with E-state index in [9.17, 15) is 0 Å². The van der Waals surface area contributed by atoms with Crippen molar-refractivity contribution in [3.63, 3.8) is 0 Å². The fraction of sp³-hybridized carbons (Fsp3) is 0. The van der Waals surface area contributed by atoms with Crippen molar-refractivity contribution in [2.45, 2.75) is 9.79 Å². The van der Waals surface area contributed by atoms with Crippen LogP contribution in [0.2, 0.25) is 0 Å². The fourth-order valence-electron chi connectivity index (χ4n) is 8.06. The Bertz CT molecular complexity index is 3180. The largest absolute Gasteiger partial charge is 0.309 e. The van der Waals surface area contributed by atoms with Gasteiger partial charge >= 0.3 is 0 Å². The van der Waals surface area contributed by atoms with Crippen molar-refractivity contribution in [2.75, 3.05) is 0 Å². The van der Waals surface area contributed by atoms with E-state index in [1.807, 2.05) is 97.1 Å². The maximum absolute atomic E-state index is 16.8. The minimum atomic E-state index is -3.51. The lowest BCUT2D eigenvalue weighted by Gasteiger charge is -2.28. The second-order valence-electron chi connectivity index (χ2n) is 14.3. The standard InChI is InChI=1S/C51H32N3OPS2/c55-56(36-20-8-3-9-21-36)43-25-13-10-22-37(43)38-23-11-14-26-45(38)57-47-30-35(28-29-40(47)41-31-42-39-24-12-15-27-46(39)58-48(42)32-44(41)56)51-53-49(33-16-4-1-5-17-33)52-50(54-51)34-18-6-2-7-19-34/h1-32H. The topological polar surface area (TPSA) is 55.7 Å². The summed E-state index contributed by atoms with van der Waals surface area (Å²) in [7, 11) is -3.51. The Morgan fingerprint density at radius 2 is 0.948 bits per heavy atom. The van der Waals surface area contributed by atoms with Crippen LogP contribution < -0.4 is 15.9 Å². The molecule has 0 amide bonds. The third-order valence-electron chi connectivity index (χ3n) is 10.8. The molecule has 0 saturated heterocycles. The molecule has 1 unspecified atom stereocenters. The minimum Gasteiger partial charge on any atom is -0.309 e. The van der Waals surface area contributed by atoms with Gasteiger partial charge in [-0.15, -0.1) is 11.3 Å². The zero-order chi connectivity index (χ0) is 38.6. The summed E-state index contributed by atoms with van der Waals surface area (Å²) in [5.41, 5.74) is 6.68. The van der Waals surface area contributed by atoms with Gasteiger partial charge in [-0.1, -0.05) is 176 Å². The van der Waals surface area contributed by atoms with Gasteiger partial charge in [-0.25, -0.2) is 15.0 Å². The molecular weight excluding hydrogens is 766 g/mol. The van der Waals surface area contributed by atoms with Crippen molar-refractivity contribution >= 4 is 66.3 Å². The first-order valence-electron chi connectivity index (χ1n) is 19.1. The van der Waals surface area contributed by atoms with Crippen LogP contribution in [0, 0.1) is 0 Å². The summed E-state index contributed by atoms with van der Waals surface area (Å²) >= 11 is 3.48. The second-order valence-corrected chi connectivity index (χ2v) is 19.1. The average Bonchev–Trinajstić information content (AvgIpc) is 3.67. The molecule has 2 aromatic heterocycles. The van der Waals surface area contributed by atoms with Gasteiger partial charge in [0, 0.05) is 62.6 Å². The number of benzene rings is 8. The smallest absolute Gasteiger partial charge is 0.172 e. The Morgan fingerprint density at radius 3 is 1.67 bits per heavy atom. The molecule has 1 aliphatic rings. The van der Waals surface area contributed by atoms with Crippen molar-refractivity contribution in [3.8, 4) is 56.4 Å². The summed E-state index contributed by atoms with van der Waals surface area (Å²) in [5, 5.41) is 4.82. The first kappa shape index (κ1) is 34.8. The maximum atomic E-state index is 16.8. The summed E-state index contributed by atoms with van der Waals surface area (Å²) in [5.74, 6) is 1.81. The Labute approximate surface area is 344 Å². The van der Waals surface area contributed by atoms with Crippen molar-refractivity contribution in [3.05, 3.63) is 194 Å². The average molecular weight is 798 g/mol. The molecule has 58 heavy (non-hydrogen) atoms. The van der Waals surface area contributed by atoms with Gasteiger partial charge in [0.1, 0.15) is 0 Å². The summed E-state index contributed by atoms with van der Waals surface area (Å²) in [6.07, 6.45) is 0. The molecular formula is C51H32N3OPS2. The summed E-state index contributed by atoms with van der Waals surface area (Å²) in [6.45, 7) is 0. The van der Waals surface area contributed by atoms with E-state index in [0.717, 1.165) is 74.7 Å². The van der Waals surface area contributed by atoms with E-state index in [2.05, 4.69) is 97.1 Å². The van der Waals surface area contributed by atoms with E-state index < -0.39 is 7.14 Å². The summed E-state index contributed by atoms with van der Waals surface area (Å²) < 4.78 is 19.1. The number of hydrogen-bond donors (Lipinski definition) is 0. The van der Waals surface area contributed by atoms with Crippen molar-refractivity contribution in [1.29, 1.82) is 0 Å². The number of nitrogens with zero attached hydrogens (tertiary/aromatic N) is 3. The second kappa shape index (κ2) is 14.2. The van der Waals surface area contributed by atoms with Crippen LogP contribution >= 0.6 is 30.2 Å². The van der Waals surface area contributed by atoms with Gasteiger partial charge in [-0.3, -0.25) is 0 Å². The molecule has 0 bridgehead atoms. The van der Waals surface area contributed by atoms with Gasteiger partial charge in [0.25, 0.3) is 0 Å². The molecule has 0 N–H and O–H groups in total. The molecule has 11 rings (SSSR count). The van der Waals surface area contributed by atoms with Crippen LogP contribution in [0.25, 0.3) is 76.6 Å².